The van der Waals surface area contributed by atoms with Crippen LogP contribution in [0.1, 0.15) is 26.7 Å². The van der Waals surface area contributed by atoms with E-state index in [2.05, 4.69) is 41.3 Å². The summed E-state index contributed by atoms with van der Waals surface area (Å²) in [6, 6.07) is 0. The second-order valence-corrected chi connectivity index (χ2v) is 4.70. The Labute approximate surface area is 134 Å². The smallest absolute Gasteiger partial charge is 0.193 e. The molecule has 0 aromatic rings. The summed E-state index contributed by atoms with van der Waals surface area (Å²) in [6.45, 7) is 8.73. The number of hydrogen-bond donors (Lipinski definition) is 1. The average Bonchev–Trinajstić information content (AvgIpc) is 2.86. The van der Waals surface area contributed by atoms with Crippen LogP contribution in [-0.4, -0.2) is 50.8 Å². The van der Waals surface area contributed by atoms with Crippen molar-refractivity contribution in [2.75, 3.05) is 39.9 Å². The van der Waals surface area contributed by atoms with E-state index in [0.29, 0.717) is 5.92 Å². The van der Waals surface area contributed by atoms with Gasteiger partial charge in [0.15, 0.2) is 5.96 Å². The van der Waals surface area contributed by atoms with Gasteiger partial charge in [0.05, 0.1) is 6.61 Å². The predicted octanol–water partition coefficient (Wildman–Crippen LogP) is 2.50. The molecule has 0 amide bonds. The Kier molecular flexibility index (Phi) is 11.3. The Balaban J connectivity index is 0.00000324. The molecule has 4 nitrogen and oxygen atoms in total. The minimum atomic E-state index is 0. The van der Waals surface area contributed by atoms with Crippen molar-refractivity contribution in [1.82, 2.24) is 10.2 Å². The number of rotatable bonds is 6. The molecule has 5 heteroatoms. The van der Waals surface area contributed by atoms with E-state index in [-0.39, 0.29) is 24.0 Å². The quantitative estimate of drug-likeness (QED) is 0.253. The molecule has 1 saturated heterocycles. The molecule has 0 aromatic carbocycles. The number of guanidine groups is 1. The van der Waals surface area contributed by atoms with Crippen LogP contribution in [0.5, 0.6) is 0 Å². The van der Waals surface area contributed by atoms with Crippen molar-refractivity contribution < 1.29 is 4.74 Å². The van der Waals surface area contributed by atoms with E-state index in [1.807, 2.05) is 6.92 Å². The van der Waals surface area contributed by atoms with Gasteiger partial charge < -0.3 is 15.0 Å². The van der Waals surface area contributed by atoms with Gasteiger partial charge in [0.25, 0.3) is 0 Å². The largest absolute Gasteiger partial charge is 0.381 e. The lowest BCUT2D eigenvalue weighted by molar-refractivity contribution is 0.181. The molecule has 1 aliphatic rings. The standard InChI is InChI=1S/C14H27N3O.HI/c1-4-6-7-9-16-14(15-5-2)17(3)11-13-8-10-18-12-13;/h4,6,13H,5,7-12H2,1-3H3,(H,15,16);1H/b6-4+;. The maximum absolute atomic E-state index is 5.41. The second kappa shape index (κ2) is 11.5. The summed E-state index contributed by atoms with van der Waals surface area (Å²) in [4.78, 5) is 6.85. The molecule has 0 saturated carbocycles. The summed E-state index contributed by atoms with van der Waals surface area (Å²) >= 11 is 0. The maximum Gasteiger partial charge on any atom is 0.193 e. The summed E-state index contributed by atoms with van der Waals surface area (Å²) in [5.74, 6) is 1.66. The van der Waals surface area contributed by atoms with Crippen LogP contribution in [-0.2, 0) is 4.74 Å². The molecule has 1 rings (SSSR count). The van der Waals surface area contributed by atoms with E-state index < -0.39 is 0 Å². The summed E-state index contributed by atoms with van der Waals surface area (Å²) in [5, 5.41) is 3.34. The van der Waals surface area contributed by atoms with Crippen molar-refractivity contribution >= 4 is 29.9 Å². The summed E-state index contributed by atoms with van der Waals surface area (Å²) < 4.78 is 5.41. The third-order valence-electron chi connectivity index (χ3n) is 3.05. The fourth-order valence-electron chi connectivity index (χ4n) is 2.08. The third kappa shape index (κ3) is 7.77. The molecule has 112 valence electrons. The molecule has 19 heavy (non-hydrogen) atoms. The SMILES string of the molecule is C/C=C/CCN=C(NCC)N(C)CC1CCOC1.I. The number of nitrogens with one attached hydrogen (secondary N) is 1. The van der Waals surface area contributed by atoms with Crippen molar-refractivity contribution in [3.05, 3.63) is 12.2 Å². The Hall–Kier alpha value is -0.300. The van der Waals surface area contributed by atoms with Crippen molar-refractivity contribution in [2.45, 2.75) is 26.7 Å². The van der Waals surface area contributed by atoms with Crippen LogP contribution in [0.25, 0.3) is 0 Å². The summed E-state index contributed by atoms with van der Waals surface area (Å²) in [7, 11) is 2.11. The highest BCUT2D eigenvalue weighted by Gasteiger charge is 2.18. The van der Waals surface area contributed by atoms with E-state index in [9.17, 15) is 0 Å². The first-order valence-corrected chi connectivity index (χ1v) is 6.96. The van der Waals surface area contributed by atoms with Crippen molar-refractivity contribution in [3.8, 4) is 0 Å². The first-order chi connectivity index (χ1) is 8.77. The van der Waals surface area contributed by atoms with E-state index in [1.165, 1.54) is 6.42 Å². The van der Waals surface area contributed by atoms with Crippen molar-refractivity contribution in [2.24, 2.45) is 10.9 Å². The van der Waals surface area contributed by atoms with Gasteiger partial charge in [0, 0.05) is 39.2 Å². The van der Waals surface area contributed by atoms with Gasteiger partial charge >= 0.3 is 0 Å². The fourth-order valence-corrected chi connectivity index (χ4v) is 2.08. The molecule has 0 spiro atoms. The summed E-state index contributed by atoms with van der Waals surface area (Å²) in [6.07, 6.45) is 6.40. The zero-order valence-electron chi connectivity index (χ0n) is 12.4. The van der Waals surface area contributed by atoms with Gasteiger partial charge in [0.1, 0.15) is 0 Å². The lowest BCUT2D eigenvalue weighted by Crippen LogP contribution is -2.41. The monoisotopic (exact) mass is 381 g/mol. The van der Waals surface area contributed by atoms with Crippen molar-refractivity contribution in [1.29, 1.82) is 0 Å². The van der Waals surface area contributed by atoms with E-state index in [0.717, 1.165) is 45.2 Å². The number of allylic oxidation sites excluding steroid dienone is 1. The minimum Gasteiger partial charge on any atom is -0.381 e. The summed E-state index contributed by atoms with van der Waals surface area (Å²) in [5.41, 5.74) is 0. The van der Waals surface area contributed by atoms with Crippen LogP contribution in [0.3, 0.4) is 0 Å². The third-order valence-corrected chi connectivity index (χ3v) is 3.05. The Morgan fingerprint density at radius 2 is 2.32 bits per heavy atom. The molecule has 1 heterocycles. The Morgan fingerprint density at radius 3 is 2.89 bits per heavy atom. The fraction of sp³-hybridized carbons (Fsp3) is 0.786. The predicted molar refractivity (Wildman–Crippen MR) is 92.4 cm³/mol. The lowest BCUT2D eigenvalue weighted by atomic mass is 10.1. The number of nitrogens with zero attached hydrogens (tertiary/aromatic N) is 2. The Morgan fingerprint density at radius 1 is 1.53 bits per heavy atom. The normalized spacial score (nSPS) is 19.5. The molecule has 1 fully saturated rings. The maximum atomic E-state index is 5.41. The minimum absolute atomic E-state index is 0. The van der Waals surface area contributed by atoms with Gasteiger partial charge in [-0.1, -0.05) is 12.2 Å². The number of hydrogen-bond acceptors (Lipinski definition) is 2. The molecule has 0 bridgehead atoms. The van der Waals surface area contributed by atoms with E-state index >= 15 is 0 Å². The molecule has 1 N–H and O–H groups in total. The highest BCUT2D eigenvalue weighted by Crippen LogP contribution is 2.13. The number of aliphatic imine (C=N–C) groups is 1. The second-order valence-electron chi connectivity index (χ2n) is 4.70. The van der Waals surface area contributed by atoms with Gasteiger partial charge in [-0.3, -0.25) is 4.99 Å². The van der Waals surface area contributed by atoms with Crippen LogP contribution < -0.4 is 5.32 Å². The molecule has 0 radical (unpaired) electrons. The van der Waals surface area contributed by atoms with E-state index in [4.69, 9.17) is 4.74 Å². The molecule has 0 aliphatic carbocycles. The number of ether oxygens (including phenoxy) is 1. The van der Waals surface area contributed by atoms with Crippen LogP contribution in [0.2, 0.25) is 0 Å². The highest BCUT2D eigenvalue weighted by atomic mass is 127. The van der Waals surface area contributed by atoms with Gasteiger partial charge in [-0.2, -0.15) is 0 Å². The van der Waals surface area contributed by atoms with E-state index in [1.54, 1.807) is 0 Å². The van der Waals surface area contributed by atoms with Crippen LogP contribution in [0.15, 0.2) is 17.1 Å². The zero-order chi connectivity index (χ0) is 13.2. The molecule has 1 unspecified atom stereocenters. The first-order valence-electron chi connectivity index (χ1n) is 6.96. The van der Waals surface area contributed by atoms with Gasteiger partial charge in [-0.05, 0) is 26.7 Å². The molecular weight excluding hydrogens is 353 g/mol. The van der Waals surface area contributed by atoms with Gasteiger partial charge in [-0.15, -0.1) is 24.0 Å². The van der Waals surface area contributed by atoms with Gasteiger partial charge in [0.2, 0.25) is 0 Å². The topological polar surface area (TPSA) is 36.9 Å². The lowest BCUT2D eigenvalue weighted by Gasteiger charge is -2.24. The molecule has 1 atom stereocenters. The van der Waals surface area contributed by atoms with Crippen LogP contribution in [0.4, 0.5) is 0 Å². The van der Waals surface area contributed by atoms with Crippen LogP contribution in [0, 0.1) is 5.92 Å². The average molecular weight is 381 g/mol. The molecule has 1 aliphatic heterocycles. The number of halogens is 1. The highest BCUT2D eigenvalue weighted by molar-refractivity contribution is 14.0. The van der Waals surface area contributed by atoms with Crippen molar-refractivity contribution in [3.63, 3.8) is 0 Å². The van der Waals surface area contributed by atoms with Crippen LogP contribution >= 0.6 is 24.0 Å². The molecule has 0 aromatic heterocycles. The Bertz CT molecular complexity index is 276. The first kappa shape index (κ1) is 18.7. The zero-order valence-corrected chi connectivity index (χ0v) is 14.7. The molecular formula is C14H28IN3O. The van der Waals surface area contributed by atoms with Gasteiger partial charge in [-0.25, -0.2) is 0 Å².